The van der Waals surface area contributed by atoms with Crippen LogP contribution in [0.1, 0.15) is 23.3 Å². The molecule has 0 radical (unpaired) electrons. The molecule has 2 heterocycles. The number of benzene rings is 2. The molecule has 35 heavy (non-hydrogen) atoms. The Labute approximate surface area is 204 Å². The van der Waals surface area contributed by atoms with Crippen LogP contribution in [0.3, 0.4) is 0 Å². The summed E-state index contributed by atoms with van der Waals surface area (Å²) in [7, 11) is -2.20. The van der Waals surface area contributed by atoms with Crippen LogP contribution in [0.25, 0.3) is 0 Å². The summed E-state index contributed by atoms with van der Waals surface area (Å²) >= 11 is 0. The van der Waals surface area contributed by atoms with Gasteiger partial charge in [-0.3, -0.25) is 14.6 Å². The van der Waals surface area contributed by atoms with Crippen LogP contribution in [0, 0.1) is 5.92 Å². The molecule has 182 valence electrons. The lowest BCUT2D eigenvalue weighted by molar-refractivity contribution is -0.120. The number of methoxy groups -OCH3 is 1. The van der Waals surface area contributed by atoms with Crippen LogP contribution in [0.15, 0.2) is 77.8 Å². The summed E-state index contributed by atoms with van der Waals surface area (Å²) in [6.45, 7) is 0.473. The molecule has 1 aliphatic rings. The molecule has 2 aromatic carbocycles. The highest BCUT2D eigenvalue weighted by Gasteiger charge is 2.33. The number of sulfonamides is 1. The number of pyridine rings is 1. The summed E-state index contributed by atoms with van der Waals surface area (Å²) < 4.78 is 32.6. The number of aromatic nitrogens is 1. The Morgan fingerprint density at radius 2 is 1.66 bits per heavy atom. The average Bonchev–Trinajstić information content (AvgIpc) is 2.90. The van der Waals surface area contributed by atoms with Gasteiger partial charge in [0.25, 0.3) is 5.91 Å². The normalized spacial score (nSPS) is 16.3. The number of nitrogens with zero attached hydrogens (tertiary/aromatic N) is 2. The van der Waals surface area contributed by atoms with Gasteiger partial charge >= 0.3 is 0 Å². The van der Waals surface area contributed by atoms with E-state index in [-0.39, 0.29) is 23.3 Å². The van der Waals surface area contributed by atoms with Crippen molar-refractivity contribution in [1.29, 1.82) is 0 Å². The molecule has 2 N–H and O–H groups in total. The molecule has 4 rings (SSSR count). The van der Waals surface area contributed by atoms with E-state index in [0.717, 1.165) is 0 Å². The molecule has 9 nitrogen and oxygen atoms in total. The standard InChI is InChI=1S/C25H26N4O5S/c1-34-21-11-13-22(14-12-21)35(32,33)29-16-4-5-18(17-29)24(30)27-19-7-9-20(10-8-19)28-25(31)23-6-2-3-15-26-23/h2-3,6-15,18H,4-5,16-17H2,1H3,(H,27,30)(H,28,31)/t18-/m0/s1. The van der Waals surface area contributed by atoms with Gasteiger partial charge in [-0.05, 0) is 73.5 Å². The van der Waals surface area contributed by atoms with E-state index in [4.69, 9.17) is 4.74 Å². The lowest BCUT2D eigenvalue weighted by Crippen LogP contribution is -2.43. The lowest BCUT2D eigenvalue weighted by Gasteiger charge is -2.31. The molecule has 2 amide bonds. The van der Waals surface area contributed by atoms with Crippen LogP contribution < -0.4 is 15.4 Å². The van der Waals surface area contributed by atoms with Gasteiger partial charge in [0, 0.05) is 30.7 Å². The average molecular weight is 495 g/mol. The molecule has 10 heteroatoms. The topological polar surface area (TPSA) is 118 Å². The zero-order valence-corrected chi connectivity index (χ0v) is 20.0. The van der Waals surface area contributed by atoms with Crippen molar-refractivity contribution < 1.29 is 22.7 Å². The van der Waals surface area contributed by atoms with Gasteiger partial charge in [-0.2, -0.15) is 4.31 Å². The van der Waals surface area contributed by atoms with Crippen LogP contribution >= 0.6 is 0 Å². The predicted molar refractivity (Wildman–Crippen MR) is 132 cm³/mol. The molecule has 1 aliphatic heterocycles. The predicted octanol–water partition coefficient (Wildman–Crippen LogP) is 3.38. The van der Waals surface area contributed by atoms with E-state index < -0.39 is 15.9 Å². The third-order valence-corrected chi connectivity index (χ3v) is 7.64. The number of amides is 2. The van der Waals surface area contributed by atoms with E-state index in [1.807, 2.05) is 0 Å². The minimum absolute atomic E-state index is 0.110. The number of hydrogen-bond donors (Lipinski definition) is 2. The third-order valence-electron chi connectivity index (χ3n) is 5.76. The number of rotatable bonds is 7. The molecule has 0 saturated carbocycles. The Bertz CT molecular complexity index is 1280. The molecule has 1 fully saturated rings. The van der Waals surface area contributed by atoms with Crippen molar-refractivity contribution >= 4 is 33.2 Å². The van der Waals surface area contributed by atoms with Crippen molar-refractivity contribution in [3.63, 3.8) is 0 Å². The van der Waals surface area contributed by atoms with Crippen LogP contribution in [-0.2, 0) is 14.8 Å². The summed E-state index contributed by atoms with van der Waals surface area (Å²) in [5, 5.41) is 5.60. The van der Waals surface area contributed by atoms with Gasteiger partial charge in [-0.1, -0.05) is 6.07 Å². The molecule has 3 aromatic rings. The quantitative estimate of drug-likeness (QED) is 0.520. The van der Waals surface area contributed by atoms with E-state index in [9.17, 15) is 18.0 Å². The first-order valence-electron chi connectivity index (χ1n) is 11.1. The minimum Gasteiger partial charge on any atom is -0.497 e. The second kappa shape index (κ2) is 10.7. The minimum atomic E-state index is -3.71. The second-order valence-corrected chi connectivity index (χ2v) is 10.1. The highest BCUT2D eigenvalue weighted by atomic mass is 32.2. The zero-order valence-electron chi connectivity index (χ0n) is 19.2. The highest BCUT2D eigenvalue weighted by Crippen LogP contribution is 2.26. The van der Waals surface area contributed by atoms with Crippen molar-refractivity contribution in [2.75, 3.05) is 30.8 Å². The number of hydrogen-bond acceptors (Lipinski definition) is 6. The van der Waals surface area contributed by atoms with E-state index >= 15 is 0 Å². The number of carbonyl (C=O) groups excluding carboxylic acids is 2. The summed E-state index contributed by atoms with van der Waals surface area (Å²) in [6, 6.07) is 18.0. The Morgan fingerprint density at radius 3 is 2.29 bits per heavy atom. The molecule has 0 unspecified atom stereocenters. The molecular formula is C25H26N4O5S. The largest absolute Gasteiger partial charge is 0.497 e. The Balaban J connectivity index is 1.36. The van der Waals surface area contributed by atoms with Gasteiger partial charge < -0.3 is 15.4 Å². The SMILES string of the molecule is COc1ccc(S(=O)(=O)N2CCC[C@H](C(=O)Nc3ccc(NC(=O)c4ccccn4)cc3)C2)cc1. The fourth-order valence-corrected chi connectivity index (χ4v) is 5.37. The maximum atomic E-state index is 13.1. The smallest absolute Gasteiger partial charge is 0.274 e. The van der Waals surface area contributed by atoms with Gasteiger partial charge in [0.15, 0.2) is 0 Å². The fraction of sp³-hybridized carbons (Fsp3) is 0.240. The molecule has 0 spiro atoms. The number of ether oxygens (including phenoxy) is 1. The van der Waals surface area contributed by atoms with Crippen LogP contribution in [0.4, 0.5) is 11.4 Å². The number of carbonyl (C=O) groups is 2. The summed E-state index contributed by atoms with van der Waals surface area (Å²) in [4.78, 5) is 29.3. The van der Waals surface area contributed by atoms with Crippen molar-refractivity contribution in [3.05, 3.63) is 78.6 Å². The Kier molecular flexibility index (Phi) is 7.42. The van der Waals surface area contributed by atoms with E-state index in [2.05, 4.69) is 15.6 Å². The second-order valence-electron chi connectivity index (χ2n) is 8.11. The lowest BCUT2D eigenvalue weighted by atomic mass is 9.98. The molecular weight excluding hydrogens is 468 g/mol. The summed E-state index contributed by atoms with van der Waals surface area (Å²) in [5.41, 5.74) is 1.42. The molecule has 0 aliphatic carbocycles. The zero-order chi connectivity index (χ0) is 24.8. The Morgan fingerprint density at radius 1 is 0.971 bits per heavy atom. The first-order valence-corrected chi connectivity index (χ1v) is 12.6. The first-order chi connectivity index (χ1) is 16.9. The Hall–Kier alpha value is -3.76. The van der Waals surface area contributed by atoms with Crippen molar-refractivity contribution in [1.82, 2.24) is 9.29 Å². The molecule has 1 aromatic heterocycles. The van der Waals surface area contributed by atoms with Gasteiger partial charge in [0.2, 0.25) is 15.9 Å². The van der Waals surface area contributed by atoms with Crippen LogP contribution in [-0.4, -0.2) is 49.7 Å². The number of nitrogens with one attached hydrogen (secondary N) is 2. The monoisotopic (exact) mass is 494 g/mol. The maximum absolute atomic E-state index is 13.1. The van der Waals surface area contributed by atoms with Gasteiger partial charge in [-0.15, -0.1) is 0 Å². The maximum Gasteiger partial charge on any atom is 0.274 e. The highest BCUT2D eigenvalue weighted by molar-refractivity contribution is 7.89. The number of piperidine rings is 1. The third kappa shape index (κ3) is 5.84. The van der Waals surface area contributed by atoms with Gasteiger partial charge in [0.1, 0.15) is 11.4 Å². The van der Waals surface area contributed by atoms with E-state index in [0.29, 0.717) is 42.2 Å². The fourth-order valence-electron chi connectivity index (χ4n) is 3.84. The molecule has 1 saturated heterocycles. The van der Waals surface area contributed by atoms with E-state index in [1.165, 1.54) is 23.5 Å². The van der Waals surface area contributed by atoms with Crippen LogP contribution in [0.5, 0.6) is 5.75 Å². The first kappa shape index (κ1) is 24.4. The summed E-state index contributed by atoms with van der Waals surface area (Å²) in [6.07, 6.45) is 2.73. The summed E-state index contributed by atoms with van der Waals surface area (Å²) in [5.74, 6) is -0.477. The van der Waals surface area contributed by atoms with Crippen molar-refractivity contribution in [2.24, 2.45) is 5.92 Å². The van der Waals surface area contributed by atoms with Crippen molar-refractivity contribution in [2.45, 2.75) is 17.7 Å². The van der Waals surface area contributed by atoms with Gasteiger partial charge in [-0.25, -0.2) is 8.42 Å². The van der Waals surface area contributed by atoms with Crippen LogP contribution in [0.2, 0.25) is 0 Å². The molecule has 0 bridgehead atoms. The van der Waals surface area contributed by atoms with Crippen molar-refractivity contribution in [3.8, 4) is 5.75 Å². The van der Waals surface area contributed by atoms with E-state index in [1.54, 1.807) is 60.8 Å². The molecule has 1 atom stereocenters. The van der Waals surface area contributed by atoms with Gasteiger partial charge in [0.05, 0.1) is 17.9 Å². The number of anilines is 2.